The fourth-order valence-electron chi connectivity index (χ4n) is 2.77. The summed E-state index contributed by atoms with van der Waals surface area (Å²) in [7, 11) is 0. The minimum Gasteiger partial charge on any atom is -0.324 e. The summed E-state index contributed by atoms with van der Waals surface area (Å²) >= 11 is 0. The number of fused-ring (bicyclic) bond motifs is 1. The molecule has 0 bridgehead atoms. The van der Waals surface area contributed by atoms with Gasteiger partial charge in [-0.1, -0.05) is 18.2 Å². The predicted octanol–water partition coefficient (Wildman–Crippen LogP) is 5.27. The van der Waals surface area contributed by atoms with Crippen molar-refractivity contribution >= 4 is 22.6 Å². The Morgan fingerprint density at radius 3 is 2.32 bits per heavy atom. The molecule has 0 aliphatic heterocycles. The molecule has 1 atom stereocenters. The van der Waals surface area contributed by atoms with Crippen molar-refractivity contribution in [1.82, 2.24) is 9.55 Å². The molecule has 0 saturated carbocycles. The van der Waals surface area contributed by atoms with E-state index in [2.05, 4.69) is 10.3 Å². The number of anilines is 1. The number of aromatic nitrogens is 2. The topological polar surface area (TPSA) is 46.9 Å². The number of benzene rings is 2. The molecular weight excluding hydrogens is 388 g/mol. The smallest absolute Gasteiger partial charge is 0.324 e. The minimum atomic E-state index is -4.82. The van der Waals surface area contributed by atoms with Crippen LogP contribution in [-0.4, -0.2) is 15.5 Å². The Hall–Kier alpha value is -3.04. The summed E-state index contributed by atoms with van der Waals surface area (Å²) in [6, 6.07) is 8.23. The maximum atomic E-state index is 13.4. The Morgan fingerprint density at radius 2 is 1.68 bits per heavy atom. The van der Waals surface area contributed by atoms with Crippen LogP contribution in [0, 0.1) is 0 Å². The summed E-state index contributed by atoms with van der Waals surface area (Å²) < 4.78 is 79.3. The number of nitrogens with zero attached hydrogens (tertiary/aromatic N) is 2. The van der Waals surface area contributed by atoms with Gasteiger partial charge in [-0.2, -0.15) is 26.3 Å². The van der Waals surface area contributed by atoms with Crippen LogP contribution in [0.1, 0.15) is 24.4 Å². The number of nitrogens with one attached hydrogen (secondary N) is 1. The van der Waals surface area contributed by atoms with E-state index in [9.17, 15) is 31.1 Å². The zero-order valence-corrected chi connectivity index (χ0v) is 14.3. The second-order valence-corrected chi connectivity index (χ2v) is 6.04. The third-order valence-corrected chi connectivity index (χ3v) is 4.07. The molecule has 28 heavy (non-hydrogen) atoms. The SMILES string of the molecule is C[C@H](C(=O)Nc1cccc(C(F)(F)F)c1)n1c(C(F)(F)F)nc2ccccc21. The Kier molecular flexibility index (Phi) is 4.82. The largest absolute Gasteiger partial charge is 0.449 e. The standard InChI is InChI=1S/C18H13F6N3O/c1-10(15(28)25-12-6-4-5-11(9-12)17(19,20)21)27-14-8-3-2-7-13(14)26-16(27)18(22,23)24/h2-10H,1H3,(H,25,28)/t10-/m1/s1. The Morgan fingerprint density at radius 1 is 1.00 bits per heavy atom. The van der Waals surface area contributed by atoms with E-state index in [1.54, 1.807) is 0 Å². The van der Waals surface area contributed by atoms with E-state index in [-0.39, 0.29) is 16.7 Å². The van der Waals surface area contributed by atoms with Crippen LogP contribution in [0.5, 0.6) is 0 Å². The first-order valence-corrected chi connectivity index (χ1v) is 8.01. The van der Waals surface area contributed by atoms with Crippen molar-refractivity contribution in [2.24, 2.45) is 0 Å². The summed E-state index contributed by atoms with van der Waals surface area (Å²) in [5.74, 6) is -2.17. The van der Waals surface area contributed by atoms with Gasteiger partial charge in [0.05, 0.1) is 16.6 Å². The van der Waals surface area contributed by atoms with Gasteiger partial charge in [-0.25, -0.2) is 4.98 Å². The summed E-state index contributed by atoms with van der Waals surface area (Å²) in [6.45, 7) is 1.21. The minimum absolute atomic E-state index is 0.0496. The number of halogens is 6. The lowest BCUT2D eigenvalue weighted by Gasteiger charge is -2.19. The average molecular weight is 401 g/mol. The van der Waals surface area contributed by atoms with Gasteiger partial charge in [0.1, 0.15) is 6.04 Å². The van der Waals surface area contributed by atoms with Crippen molar-refractivity contribution in [2.75, 3.05) is 5.32 Å². The first kappa shape index (κ1) is 19.7. The van der Waals surface area contributed by atoms with Crippen molar-refractivity contribution in [3.05, 3.63) is 59.9 Å². The molecule has 0 radical (unpaired) electrons. The van der Waals surface area contributed by atoms with Gasteiger partial charge in [0.15, 0.2) is 0 Å². The number of imidazole rings is 1. The normalized spacial score (nSPS) is 13.5. The fourth-order valence-corrected chi connectivity index (χ4v) is 2.77. The molecule has 1 N–H and O–H groups in total. The molecule has 0 aliphatic carbocycles. The lowest BCUT2D eigenvalue weighted by Crippen LogP contribution is -2.27. The number of para-hydroxylation sites is 2. The molecule has 148 valence electrons. The molecule has 3 aromatic rings. The van der Waals surface area contributed by atoms with Crippen LogP contribution in [0.4, 0.5) is 32.0 Å². The molecule has 1 heterocycles. The summed E-state index contributed by atoms with van der Waals surface area (Å²) in [4.78, 5) is 16.0. The maximum Gasteiger partial charge on any atom is 0.449 e. The number of alkyl halides is 6. The van der Waals surface area contributed by atoms with Gasteiger partial charge in [0, 0.05) is 5.69 Å². The first-order valence-electron chi connectivity index (χ1n) is 8.01. The predicted molar refractivity (Wildman–Crippen MR) is 89.5 cm³/mol. The van der Waals surface area contributed by atoms with E-state index in [0.29, 0.717) is 6.07 Å². The summed E-state index contributed by atoms with van der Waals surface area (Å²) in [5.41, 5.74) is -1.03. The average Bonchev–Trinajstić information content (AvgIpc) is 3.00. The number of carbonyl (C=O) groups is 1. The quantitative estimate of drug-likeness (QED) is 0.608. The Labute approximate surface area is 154 Å². The Balaban J connectivity index is 1.97. The van der Waals surface area contributed by atoms with E-state index in [0.717, 1.165) is 16.7 Å². The van der Waals surface area contributed by atoms with Crippen LogP contribution < -0.4 is 5.32 Å². The molecule has 4 nitrogen and oxygen atoms in total. The lowest BCUT2D eigenvalue weighted by atomic mass is 10.2. The van der Waals surface area contributed by atoms with Crippen molar-refractivity contribution in [2.45, 2.75) is 25.3 Å². The van der Waals surface area contributed by atoms with Crippen LogP contribution in [0.15, 0.2) is 48.5 Å². The maximum absolute atomic E-state index is 13.4. The monoisotopic (exact) mass is 401 g/mol. The highest BCUT2D eigenvalue weighted by molar-refractivity contribution is 5.94. The third-order valence-electron chi connectivity index (χ3n) is 4.07. The highest BCUT2D eigenvalue weighted by Gasteiger charge is 2.39. The molecule has 1 amide bonds. The highest BCUT2D eigenvalue weighted by Crippen LogP contribution is 2.34. The van der Waals surface area contributed by atoms with Crippen LogP contribution in [0.2, 0.25) is 0 Å². The molecule has 0 saturated heterocycles. The van der Waals surface area contributed by atoms with Gasteiger partial charge < -0.3 is 9.88 Å². The second-order valence-electron chi connectivity index (χ2n) is 6.04. The van der Waals surface area contributed by atoms with E-state index in [1.165, 1.54) is 37.3 Å². The number of carbonyl (C=O) groups excluding carboxylic acids is 1. The summed E-state index contributed by atoms with van der Waals surface area (Å²) in [5, 5.41) is 2.23. The van der Waals surface area contributed by atoms with Gasteiger partial charge in [0.2, 0.25) is 11.7 Å². The Bertz CT molecular complexity index is 1020. The second kappa shape index (κ2) is 6.84. The van der Waals surface area contributed by atoms with E-state index >= 15 is 0 Å². The number of rotatable bonds is 3. The molecular formula is C18H13F6N3O. The van der Waals surface area contributed by atoms with Crippen LogP contribution in [0.3, 0.4) is 0 Å². The van der Waals surface area contributed by atoms with E-state index in [4.69, 9.17) is 0 Å². The van der Waals surface area contributed by atoms with Gasteiger partial charge in [-0.05, 0) is 37.3 Å². The van der Waals surface area contributed by atoms with Crippen molar-refractivity contribution in [1.29, 1.82) is 0 Å². The molecule has 10 heteroatoms. The van der Waals surface area contributed by atoms with E-state index in [1.807, 2.05) is 0 Å². The molecule has 0 unspecified atom stereocenters. The zero-order valence-electron chi connectivity index (χ0n) is 14.3. The van der Waals surface area contributed by atoms with Gasteiger partial charge in [0.25, 0.3) is 0 Å². The molecule has 0 spiro atoms. The third kappa shape index (κ3) is 3.80. The fraction of sp³-hybridized carbons (Fsp3) is 0.222. The van der Waals surface area contributed by atoms with E-state index < -0.39 is 35.7 Å². The number of hydrogen-bond donors (Lipinski definition) is 1. The van der Waals surface area contributed by atoms with Crippen molar-refractivity contribution in [3.8, 4) is 0 Å². The lowest BCUT2D eigenvalue weighted by molar-refractivity contribution is -0.148. The molecule has 2 aromatic carbocycles. The van der Waals surface area contributed by atoms with Crippen LogP contribution >= 0.6 is 0 Å². The van der Waals surface area contributed by atoms with Gasteiger partial charge in [-0.3, -0.25) is 4.79 Å². The molecule has 1 aromatic heterocycles. The van der Waals surface area contributed by atoms with Crippen molar-refractivity contribution in [3.63, 3.8) is 0 Å². The zero-order chi connectivity index (χ0) is 20.7. The number of hydrogen-bond acceptors (Lipinski definition) is 2. The summed E-state index contributed by atoms with van der Waals surface area (Å²) in [6.07, 6.45) is -9.43. The molecule has 0 aliphatic rings. The van der Waals surface area contributed by atoms with Gasteiger partial charge in [-0.15, -0.1) is 0 Å². The van der Waals surface area contributed by atoms with Crippen LogP contribution in [0.25, 0.3) is 11.0 Å². The molecule has 3 rings (SSSR count). The number of amides is 1. The first-order chi connectivity index (χ1) is 13.0. The molecule has 0 fully saturated rings. The van der Waals surface area contributed by atoms with Crippen molar-refractivity contribution < 1.29 is 31.1 Å². The van der Waals surface area contributed by atoms with Gasteiger partial charge >= 0.3 is 12.4 Å². The highest BCUT2D eigenvalue weighted by atomic mass is 19.4. The van der Waals surface area contributed by atoms with Crippen LogP contribution in [-0.2, 0) is 17.1 Å².